The molecule has 5 heteroatoms. The third-order valence-electron chi connectivity index (χ3n) is 4.11. The van der Waals surface area contributed by atoms with Gasteiger partial charge in [0.1, 0.15) is 12.6 Å². The number of piperazine rings is 1. The van der Waals surface area contributed by atoms with Crippen molar-refractivity contribution in [3.05, 3.63) is 35.9 Å². The van der Waals surface area contributed by atoms with Crippen LogP contribution in [0.15, 0.2) is 30.3 Å². The summed E-state index contributed by atoms with van der Waals surface area (Å²) in [5.74, 6) is -0.146. The van der Waals surface area contributed by atoms with Gasteiger partial charge < -0.3 is 9.80 Å². The van der Waals surface area contributed by atoms with Crippen LogP contribution in [-0.4, -0.2) is 53.1 Å². The monoisotopic (exact) mass is 286 g/mol. The van der Waals surface area contributed by atoms with E-state index >= 15 is 0 Å². The number of fused-ring (bicyclic) bond motifs is 1. The first-order valence-corrected chi connectivity index (χ1v) is 7.29. The Morgan fingerprint density at radius 3 is 2.71 bits per heavy atom. The second-order valence-corrected chi connectivity index (χ2v) is 5.64. The number of Topliss-reactive ketones (excluding diaryl/α,β-unsaturated/α-hetero) is 1. The fourth-order valence-corrected chi connectivity index (χ4v) is 3.09. The first-order chi connectivity index (χ1) is 10.1. The maximum atomic E-state index is 12.3. The fraction of sp³-hybridized carbons (Fsp3) is 0.438. The predicted octanol–water partition coefficient (Wildman–Crippen LogP) is 0.631. The summed E-state index contributed by atoms with van der Waals surface area (Å²) in [5.41, 5.74) is 0.931. The van der Waals surface area contributed by atoms with E-state index in [1.54, 1.807) is 4.90 Å². The van der Waals surface area contributed by atoms with Crippen molar-refractivity contribution in [2.24, 2.45) is 0 Å². The maximum Gasteiger partial charge on any atom is 0.246 e. The van der Waals surface area contributed by atoms with Gasteiger partial charge in [-0.2, -0.15) is 0 Å². The predicted molar refractivity (Wildman–Crippen MR) is 76.5 cm³/mol. The Hall–Kier alpha value is -2.17. The van der Waals surface area contributed by atoms with Gasteiger partial charge in [-0.3, -0.25) is 14.4 Å². The molecular formula is C16H18N2O3. The Balaban J connectivity index is 1.63. The summed E-state index contributed by atoms with van der Waals surface area (Å²) < 4.78 is 0. The first-order valence-electron chi connectivity index (χ1n) is 7.29. The van der Waals surface area contributed by atoms with Gasteiger partial charge in [0.2, 0.25) is 11.8 Å². The van der Waals surface area contributed by atoms with Gasteiger partial charge in [0, 0.05) is 13.0 Å². The van der Waals surface area contributed by atoms with E-state index in [0.717, 1.165) is 12.0 Å². The third kappa shape index (κ3) is 2.82. The van der Waals surface area contributed by atoms with Crippen LogP contribution in [0.2, 0.25) is 0 Å². The van der Waals surface area contributed by atoms with Gasteiger partial charge in [0.05, 0.1) is 6.54 Å². The molecule has 5 nitrogen and oxygen atoms in total. The van der Waals surface area contributed by atoms with E-state index in [1.807, 2.05) is 30.3 Å². The highest BCUT2D eigenvalue weighted by Gasteiger charge is 2.42. The number of rotatable bonds is 4. The lowest BCUT2D eigenvalue weighted by Crippen LogP contribution is -2.58. The summed E-state index contributed by atoms with van der Waals surface area (Å²) in [6.45, 7) is 0.737. The Labute approximate surface area is 123 Å². The molecule has 2 heterocycles. The topological polar surface area (TPSA) is 57.7 Å². The Morgan fingerprint density at radius 1 is 1.19 bits per heavy atom. The molecule has 1 unspecified atom stereocenters. The van der Waals surface area contributed by atoms with Crippen LogP contribution in [0, 0.1) is 0 Å². The quantitative estimate of drug-likeness (QED) is 0.816. The molecule has 1 atom stereocenters. The second kappa shape index (κ2) is 5.68. The minimum absolute atomic E-state index is 0.0316. The molecule has 0 N–H and O–H groups in total. The fourth-order valence-electron chi connectivity index (χ4n) is 3.09. The van der Waals surface area contributed by atoms with E-state index in [-0.39, 0.29) is 36.7 Å². The highest BCUT2D eigenvalue weighted by molar-refractivity contribution is 5.97. The van der Waals surface area contributed by atoms with Gasteiger partial charge in [-0.1, -0.05) is 30.3 Å². The molecule has 3 rings (SSSR count). The van der Waals surface area contributed by atoms with Crippen molar-refractivity contribution < 1.29 is 14.4 Å². The van der Waals surface area contributed by atoms with Gasteiger partial charge in [-0.15, -0.1) is 0 Å². The summed E-state index contributed by atoms with van der Waals surface area (Å²) in [6.07, 6.45) is 1.88. The van der Waals surface area contributed by atoms with Gasteiger partial charge in [-0.25, -0.2) is 0 Å². The molecule has 1 aromatic rings. The lowest BCUT2D eigenvalue weighted by molar-refractivity contribution is -0.154. The van der Waals surface area contributed by atoms with Crippen LogP contribution in [0.5, 0.6) is 0 Å². The molecule has 2 aliphatic heterocycles. The smallest absolute Gasteiger partial charge is 0.246 e. The van der Waals surface area contributed by atoms with Crippen LogP contribution >= 0.6 is 0 Å². The molecule has 2 amide bonds. The Kier molecular flexibility index (Phi) is 3.73. The van der Waals surface area contributed by atoms with Crippen molar-refractivity contribution in [1.29, 1.82) is 0 Å². The zero-order chi connectivity index (χ0) is 14.8. The van der Waals surface area contributed by atoms with Gasteiger partial charge in [0.15, 0.2) is 5.78 Å². The molecule has 2 saturated heterocycles. The number of ketones is 1. The van der Waals surface area contributed by atoms with Crippen molar-refractivity contribution >= 4 is 17.6 Å². The largest absolute Gasteiger partial charge is 0.329 e. The van der Waals surface area contributed by atoms with Gasteiger partial charge >= 0.3 is 0 Å². The Bertz CT molecular complexity index is 570. The number of nitrogens with zero attached hydrogens (tertiary/aromatic N) is 2. The van der Waals surface area contributed by atoms with Crippen molar-refractivity contribution in [2.75, 3.05) is 19.6 Å². The molecule has 0 aliphatic carbocycles. The molecule has 21 heavy (non-hydrogen) atoms. The number of hydrogen-bond acceptors (Lipinski definition) is 3. The zero-order valence-corrected chi connectivity index (χ0v) is 11.8. The molecule has 0 aromatic heterocycles. The van der Waals surface area contributed by atoms with E-state index in [4.69, 9.17) is 0 Å². The molecule has 0 spiro atoms. The highest BCUT2D eigenvalue weighted by atomic mass is 16.2. The lowest BCUT2D eigenvalue weighted by atomic mass is 10.1. The van der Waals surface area contributed by atoms with Crippen LogP contribution < -0.4 is 0 Å². The van der Waals surface area contributed by atoms with Crippen molar-refractivity contribution in [3.63, 3.8) is 0 Å². The first kappa shape index (κ1) is 13.8. The third-order valence-corrected chi connectivity index (χ3v) is 4.11. The summed E-state index contributed by atoms with van der Waals surface area (Å²) in [4.78, 5) is 39.5. The summed E-state index contributed by atoms with van der Waals surface area (Å²) in [6, 6.07) is 9.11. The number of carbonyl (C=O) groups is 3. The van der Waals surface area contributed by atoms with Crippen molar-refractivity contribution in [1.82, 2.24) is 9.80 Å². The minimum atomic E-state index is -0.337. The SMILES string of the molecule is O=C(Cc1ccccc1)CN1CC(=O)N2CCCC2C1=O. The number of hydrogen-bond donors (Lipinski definition) is 0. The molecule has 1 aromatic carbocycles. The van der Waals surface area contributed by atoms with E-state index in [9.17, 15) is 14.4 Å². The van der Waals surface area contributed by atoms with Gasteiger partial charge in [0.25, 0.3) is 0 Å². The molecule has 0 saturated carbocycles. The summed E-state index contributed by atoms with van der Waals surface area (Å²) in [5, 5.41) is 0. The van der Waals surface area contributed by atoms with Crippen LogP contribution in [-0.2, 0) is 20.8 Å². The number of benzene rings is 1. The van der Waals surface area contributed by atoms with E-state index in [0.29, 0.717) is 19.4 Å². The lowest BCUT2D eigenvalue weighted by Gasteiger charge is -2.36. The second-order valence-electron chi connectivity index (χ2n) is 5.64. The molecule has 2 aliphatic rings. The van der Waals surface area contributed by atoms with Crippen molar-refractivity contribution in [3.8, 4) is 0 Å². The molecule has 0 radical (unpaired) electrons. The number of carbonyl (C=O) groups excluding carboxylic acids is 3. The normalized spacial score (nSPS) is 21.6. The van der Waals surface area contributed by atoms with Crippen LogP contribution in [0.1, 0.15) is 18.4 Å². The molecule has 2 fully saturated rings. The molecular weight excluding hydrogens is 268 g/mol. The van der Waals surface area contributed by atoms with E-state index < -0.39 is 0 Å². The van der Waals surface area contributed by atoms with E-state index in [1.165, 1.54) is 4.90 Å². The molecule has 0 bridgehead atoms. The maximum absolute atomic E-state index is 12.3. The standard InChI is InChI=1S/C16H18N2O3/c19-13(9-12-5-2-1-3-6-12)10-17-11-15(20)18-8-4-7-14(18)16(17)21/h1-3,5-6,14H,4,7-11H2. The van der Waals surface area contributed by atoms with Crippen molar-refractivity contribution in [2.45, 2.75) is 25.3 Å². The minimum Gasteiger partial charge on any atom is -0.329 e. The van der Waals surface area contributed by atoms with Crippen LogP contribution in [0.3, 0.4) is 0 Å². The molecule has 110 valence electrons. The Morgan fingerprint density at radius 2 is 1.95 bits per heavy atom. The highest BCUT2D eigenvalue weighted by Crippen LogP contribution is 2.23. The summed E-state index contributed by atoms with van der Waals surface area (Å²) in [7, 11) is 0. The average Bonchev–Trinajstić information content (AvgIpc) is 2.95. The van der Waals surface area contributed by atoms with Gasteiger partial charge in [-0.05, 0) is 18.4 Å². The zero-order valence-electron chi connectivity index (χ0n) is 11.8. The van der Waals surface area contributed by atoms with E-state index in [2.05, 4.69) is 0 Å². The van der Waals surface area contributed by atoms with Crippen LogP contribution in [0.25, 0.3) is 0 Å². The number of amides is 2. The average molecular weight is 286 g/mol. The summed E-state index contributed by atoms with van der Waals surface area (Å²) >= 11 is 0. The van der Waals surface area contributed by atoms with Crippen LogP contribution in [0.4, 0.5) is 0 Å².